The van der Waals surface area contributed by atoms with Crippen LogP contribution in [0.4, 0.5) is 13.2 Å². The number of rotatable bonds is 12. The molecule has 0 atom stereocenters. The van der Waals surface area contributed by atoms with Crippen molar-refractivity contribution in [3.05, 3.63) is 65.4 Å². The molecule has 2 aromatic carbocycles. The van der Waals surface area contributed by atoms with Crippen molar-refractivity contribution in [2.45, 2.75) is 60.1 Å². The molecule has 1 N–H and O–H groups in total. The molecule has 0 spiro atoms. The Kier molecular flexibility index (Phi) is 9.55. The number of hydrogen-bond donors (Lipinski definition) is 1. The SMILES string of the molecule is CCCCc1nn(CC(F)(F)F)c(OCCO)c1Cc1ccc(-c2ccccc2-c2nnn[n]2[Sn]([CH3])([CH3])[CH3])cc1. The maximum absolute atomic E-state index is 13.3. The second kappa shape index (κ2) is 12.7. The van der Waals surface area contributed by atoms with Crippen LogP contribution >= 0.6 is 0 Å². The van der Waals surface area contributed by atoms with Gasteiger partial charge in [-0.05, 0) is 6.42 Å². The fourth-order valence-corrected chi connectivity index (χ4v) is 7.74. The molecule has 8 nitrogen and oxygen atoms in total. The van der Waals surface area contributed by atoms with E-state index in [4.69, 9.17) is 4.74 Å². The standard InChI is InChI=1S/C25H26F3N6O2.3CH3.Sn/c1-2-3-8-22-21(24(36-14-13-35)34(31-22)16-25(26,27)28)15-17-9-11-18(12-10-17)19-6-4-5-7-20(19)23-29-32-33-30-23;;;;/h4-7,9-12,35H,2-3,8,13-16H2,1H3;3*1H3;/q-1;;;;+1. The van der Waals surface area contributed by atoms with Gasteiger partial charge in [-0.25, -0.2) is 0 Å². The van der Waals surface area contributed by atoms with Gasteiger partial charge < -0.3 is 5.11 Å². The molecule has 2 heterocycles. The van der Waals surface area contributed by atoms with Gasteiger partial charge in [-0.15, -0.1) is 0 Å². The van der Waals surface area contributed by atoms with Gasteiger partial charge in [-0.1, -0.05) is 13.3 Å². The maximum atomic E-state index is 13.3. The molecule has 0 aliphatic heterocycles. The van der Waals surface area contributed by atoms with Crippen LogP contribution in [-0.4, -0.2) is 71.4 Å². The Morgan fingerprint density at radius 3 is 2.33 bits per heavy atom. The Hall–Kier alpha value is -2.93. The zero-order valence-electron chi connectivity index (χ0n) is 23.2. The number of ether oxygens (including phenoxy) is 1. The first kappa shape index (κ1) is 30.0. The van der Waals surface area contributed by atoms with Gasteiger partial charge >= 0.3 is 179 Å². The van der Waals surface area contributed by atoms with Crippen molar-refractivity contribution >= 4 is 18.7 Å². The van der Waals surface area contributed by atoms with Gasteiger partial charge in [0, 0.05) is 0 Å². The van der Waals surface area contributed by atoms with Gasteiger partial charge in [0.2, 0.25) is 0 Å². The van der Waals surface area contributed by atoms with Gasteiger partial charge in [0.1, 0.15) is 13.2 Å². The number of nitrogens with zero attached hydrogens (tertiary/aromatic N) is 6. The van der Waals surface area contributed by atoms with Crippen LogP contribution in [0.25, 0.3) is 22.5 Å². The first-order chi connectivity index (χ1) is 19.0. The van der Waals surface area contributed by atoms with Gasteiger partial charge in [-0.2, -0.15) is 13.2 Å². The van der Waals surface area contributed by atoms with E-state index in [0.717, 1.165) is 45.6 Å². The third-order valence-corrected chi connectivity index (χ3v) is 10.9. The molecule has 0 radical (unpaired) electrons. The van der Waals surface area contributed by atoms with E-state index >= 15 is 0 Å². The second-order valence-corrected chi connectivity index (χ2v) is 24.3. The number of unbranched alkanes of at least 4 members (excludes halogenated alkanes) is 1. The van der Waals surface area contributed by atoms with E-state index in [1.165, 1.54) is 0 Å². The first-order valence-corrected chi connectivity index (χ1v) is 23.2. The molecule has 214 valence electrons. The summed E-state index contributed by atoms with van der Waals surface area (Å²) in [7, 11) is 0. The summed E-state index contributed by atoms with van der Waals surface area (Å²) in [6.45, 7) is 0.353. The molecular formula is C28H35F3N6O2Sn. The van der Waals surface area contributed by atoms with Crippen LogP contribution < -0.4 is 4.74 Å². The number of tetrazole rings is 1. The fraction of sp³-hybridized carbons (Fsp3) is 0.429. The van der Waals surface area contributed by atoms with Crippen molar-refractivity contribution in [2.24, 2.45) is 0 Å². The Balaban J connectivity index is 1.68. The van der Waals surface area contributed by atoms with Crippen LogP contribution in [0.5, 0.6) is 5.88 Å². The third kappa shape index (κ3) is 7.22. The van der Waals surface area contributed by atoms with Gasteiger partial charge in [0.15, 0.2) is 0 Å². The van der Waals surface area contributed by atoms with E-state index in [1.54, 1.807) is 0 Å². The molecule has 4 aromatic rings. The second-order valence-electron chi connectivity index (χ2n) is 10.7. The topological polar surface area (TPSA) is 90.9 Å². The average Bonchev–Trinajstić information content (AvgIpc) is 3.51. The molecule has 4 rings (SSSR count). The summed E-state index contributed by atoms with van der Waals surface area (Å²) in [5.41, 5.74) is 5.05. The zero-order valence-corrected chi connectivity index (χ0v) is 26.1. The average molecular weight is 663 g/mol. The van der Waals surface area contributed by atoms with Crippen molar-refractivity contribution in [3.63, 3.8) is 0 Å². The normalized spacial score (nSPS) is 12.2. The van der Waals surface area contributed by atoms with E-state index in [2.05, 4.69) is 35.4 Å². The van der Waals surface area contributed by atoms with E-state index in [1.807, 2.05) is 58.4 Å². The van der Waals surface area contributed by atoms with Crippen molar-refractivity contribution < 1.29 is 23.0 Å². The van der Waals surface area contributed by atoms with Crippen molar-refractivity contribution in [2.75, 3.05) is 13.2 Å². The van der Waals surface area contributed by atoms with Crippen molar-refractivity contribution in [3.8, 4) is 28.4 Å². The van der Waals surface area contributed by atoms with Crippen LogP contribution in [0.15, 0.2) is 48.5 Å². The zero-order chi connectivity index (χ0) is 28.9. The molecule has 40 heavy (non-hydrogen) atoms. The Labute approximate surface area is 236 Å². The number of aryl methyl sites for hydroxylation is 1. The van der Waals surface area contributed by atoms with Crippen LogP contribution in [0, 0.1) is 0 Å². The van der Waals surface area contributed by atoms with E-state index in [9.17, 15) is 18.3 Å². The van der Waals surface area contributed by atoms with E-state index in [-0.39, 0.29) is 19.1 Å². The molecule has 0 bridgehead atoms. The molecule has 0 aliphatic rings. The van der Waals surface area contributed by atoms with Crippen molar-refractivity contribution in [1.29, 1.82) is 0 Å². The summed E-state index contributed by atoms with van der Waals surface area (Å²) in [6.07, 6.45) is -1.87. The van der Waals surface area contributed by atoms with Crippen LogP contribution in [0.3, 0.4) is 0 Å². The minimum absolute atomic E-state index is 0.0622. The van der Waals surface area contributed by atoms with E-state index < -0.39 is 31.4 Å². The van der Waals surface area contributed by atoms with Gasteiger partial charge in [-0.3, -0.25) is 0 Å². The molecule has 0 fully saturated rings. The van der Waals surface area contributed by atoms with E-state index in [0.29, 0.717) is 24.1 Å². The summed E-state index contributed by atoms with van der Waals surface area (Å²) >= 11 is -2.64. The Bertz CT molecular complexity index is 1410. The monoisotopic (exact) mass is 664 g/mol. The summed E-state index contributed by atoms with van der Waals surface area (Å²) in [5, 5.41) is 26.2. The molecule has 2 aromatic heterocycles. The van der Waals surface area contributed by atoms with Crippen LogP contribution in [-0.2, 0) is 19.4 Å². The number of benzene rings is 2. The van der Waals surface area contributed by atoms with Crippen LogP contribution in [0.2, 0.25) is 14.8 Å². The number of aromatic nitrogens is 6. The predicted octanol–water partition coefficient (Wildman–Crippen LogP) is 5.75. The van der Waals surface area contributed by atoms with Gasteiger partial charge in [0.05, 0.1) is 6.61 Å². The summed E-state index contributed by atoms with van der Waals surface area (Å²) in [4.78, 5) is 6.74. The number of hydrogen-bond acceptors (Lipinski definition) is 6. The number of alkyl halides is 3. The summed E-state index contributed by atoms with van der Waals surface area (Å²) in [6, 6.07) is 15.9. The molecule has 0 amide bonds. The van der Waals surface area contributed by atoms with Gasteiger partial charge in [0.25, 0.3) is 0 Å². The Morgan fingerprint density at radius 1 is 1.00 bits per heavy atom. The van der Waals surface area contributed by atoms with Crippen molar-refractivity contribution in [1.82, 2.24) is 28.2 Å². The predicted molar refractivity (Wildman–Crippen MR) is 150 cm³/mol. The fourth-order valence-electron chi connectivity index (χ4n) is 4.58. The first-order valence-electron chi connectivity index (χ1n) is 13.4. The molecular weight excluding hydrogens is 628 g/mol. The Morgan fingerprint density at radius 2 is 1.70 bits per heavy atom. The number of aliphatic hydroxyl groups is 1. The van der Waals surface area contributed by atoms with Crippen LogP contribution in [0.1, 0.15) is 36.6 Å². The quantitative estimate of drug-likeness (QED) is 0.194. The molecule has 12 heteroatoms. The molecule has 0 saturated carbocycles. The summed E-state index contributed by atoms with van der Waals surface area (Å²) in [5.74, 6) is 0.818. The molecule has 0 aliphatic carbocycles. The molecule has 0 saturated heterocycles. The number of aliphatic hydroxyl groups excluding tert-OH is 1. The number of halogens is 3. The molecule has 0 unspecified atom stereocenters. The minimum atomic E-state index is -4.45. The third-order valence-electron chi connectivity index (χ3n) is 6.43. The summed E-state index contributed by atoms with van der Waals surface area (Å²) < 4.78 is 48.5.